The van der Waals surface area contributed by atoms with E-state index in [1.54, 1.807) is 19.2 Å². The van der Waals surface area contributed by atoms with Gasteiger partial charge in [-0.25, -0.2) is 0 Å². The molecule has 0 aliphatic carbocycles. The summed E-state index contributed by atoms with van der Waals surface area (Å²) in [4.78, 5) is 12.7. The summed E-state index contributed by atoms with van der Waals surface area (Å²) in [5.74, 6) is 1.28. The molecule has 0 N–H and O–H groups in total. The number of benzene rings is 2. The molecule has 0 fully saturated rings. The van der Waals surface area contributed by atoms with Crippen LogP contribution in [0.3, 0.4) is 0 Å². The van der Waals surface area contributed by atoms with Gasteiger partial charge in [0, 0.05) is 5.56 Å². The molecular formula is C18H20O3. The van der Waals surface area contributed by atoms with Gasteiger partial charge in [0.05, 0.1) is 19.3 Å². The highest BCUT2D eigenvalue weighted by atomic mass is 16.5. The molecule has 0 saturated carbocycles. The summed E-state index contributed by atoms with van der Waals surface area (Å²) in [6.07, 6.45) is 0. The lowest BCUT2D eigenvalue weighted by atomic mass is 9.97. The highest BCUT2D eigenvalue weighted by molar-refractivity contribution is 6.11. The van der Waals surface area contributed by atoms with Gasteiger partial charge in [-0.2, -0.15) is 0 Å². The smallest absolute Gasteiger partial charge is 0.196 e. The fourth-order valence-electron chi connectivity index (χ4n) is 2.28. The number of rotatable bonds is 5. The summed E-state index contributed by atoms with van der Waals surface area (Å²) in [7, 11) is 1.59. The topological polar surface area (TPSA) is 35.5 Å². The van der Waals surface area contributed by atoms with Crippen LogP contribution < -0.4 is 9.47 Å². The zero-order valence-corrected chi connectivity index (χ0v) is 12.9. The summed E-state index contributed by atoms with van der Waals surface area (Å²) in [6, 6.07) is 11.0. The van der Waals surface area contributed by atoms with Crippen molar-refractivity contribution in [2.75, 3.05) is 13.7 Å². The summed E-state index contributed by atoms with van der Waals surface area (Å²) >= 11 is 0. The van der Waals surface area contributed by atoms with Crippen LogP contribution >= 0.6 is 0 Å². The van der Waals surface area contributed by atoms with Gasteiger partial charge >= 0.3 is 0 Å². The predicted octanol–water partition coefficient (Wildman–Crippen LogP) is 3.94. The molecular weight excluding hydrogens is 264 g/mol. The second-order valence-electron chi connectivity index (χ2n) is 4.88. The first-order valence-electron chi connectivity index (χ1n) is 7.00. The Morgan fingerprint density at radius 1 is 1.14 bits per heavy atom. The third-order valence-electron chi connectivity index (χ3n) is 3.53. The Hall–Kier alpha value is -2.29. The molecule has 0 atom stereocenters. The summed E-state index contributed by atoms with van der Waals surface area (Å²) < 4.78 is 10.9. The highest BCUT2D eigenvalue weighted by Gasteiger charge is 2.17. The Labute approximate surface area is 125 Å². The molecule has 0 aliphatic heterocycles. The van der Waals surface area contributed by atoms with Crippen molar-refractivity contribution in [2.45, 2.75) is 20.8 Å². The van der Waals surface area contributed by atoms with Crippen molar-refractivity contribution >= 4 is 5.78 Å². The first kappa shape index (κ1) is 15.1. The van der Waals surface area contributed by atoms with E-state index in [-0.39, 0.29) is 5.78 Å². The van der Waals surface area contributed by atoms with Crippen molar-refractivity contribution in [2.24, 2.45) is 0 Å². The van der Waals surface area contributed by atoms with Gasteiger partial charge in [0.1, 0.15) is 11.5 Å². The molecule has 21 heavy (non-hydrogen) atoms. The molecule has 0 spiro atoms. The van der Waals surface area contributed by atoms with E-state index >= 15 is 0 Å². The minimum absolute atomic E-state index is 0.0588. The second-order valence-corrected chi connectivity index (χ2v) is 4.88. The summed E-state index contributed by atoms with van der Waals surface area (Å²) in [6.45, 7) is 6.45. The number of aryl methyl sites for hydroxylation is 1. The predicted molar refractivity (Wildman–Crippen MR) is 83.5 cm³/mol. The van der Waals surface area contributed by atoms with E-state index in [2.05, 4.69) is 0 Å². The van der Waals surface area contributed by atoms with E-state index < -0.39 is 0 Å². The number of ketones is 1. The van der Waals surface area contributed by atoms with Crippen molar-refractivity contribution in [3.8, 4) is 11.5 Å². The number of methoxy groups -OCH3 is 1. The van der Waals surface area contributed by atoms with Gasteiger partial charge in [0.15, 0.2) is 5.78 Å². The number of hydrogen-bond donors (Lipinski definition) is 0. The number of hydrogen-bond acceptors (Lipinski definition) is 3. The first-order valence-corrected chi connectivity index (χ1v) is 7.00. The van der Waals surface area contributed by atoms with Crippen molar-refractivity contribution in [1.82, 2.24) is 0 Å². The molecule has 2 aromatic carbocycles. The van der Waals surface area contributed by atoms with Crippen LogP contribution in [0.25, 0.3) is 0 Å². The van der Waals surface area contributed by atoms with Gasteiger partial charge in [-0.1, -0.05) is 18.2 Å². The Kier molecular flexibility index (Phi) is 4.63. The van der Waals surface area contributed by atoms with Crippen molar-refractivity contribution in [3.63, 3.8) is 0 Å². The average Bonchev–Trinajstić information content (AvgIpc) is 2.50. The lowest BCUT2D eigenvalue weighted by molar-refractivity contribution is 0.103. The van der Waals surface area contributed by atoms with Crippen LogP contribution in [-0.2, 0) is 0 Å². The van der Waals surface area contributed by atoms with Gasteiger partial charge in [0.2, 0.25) is 0 Å². The molecule has 0 radical (unpaired) electrons. The van der Waals surface area contributed by atoms with Gasteiger partial charge < -0.3 is 9.47 Å². The fourth-order valence-corrected chi connectivity index (χ4v) is 2.28. The quantitative estimate of drug-likeness (QED) is 0.780. The van der Waals surface area contributed by atoms with Crippen molar-refractivity contribution in [1.29, 1.82) is 0 Å². The Bertz CT molecular complexity index is 660. The second kappa shape index (κ2) is 6.44. The molecule has 0 amide bonds. The third kappa shape index (κ3) is 3.07. The highest BCUT2D eigenvalue weighted by Crippen LogP contribution is 2.28. The van der Waals surface area contributed by atoms with Gasteiger partial charge in [-0.15, -0.1) is 0 Å². The SMILES string of the molecule is CCOc1cccc(C(=O)c2ccc(C)c(C)c2OC)c1. The van der Waals surface area contributed by atoms with Crippen LogP contribution in [0.4, 0.5) is 0 Å². The number of carbonyl (C=O) groups is 1. The molecule has 0 aromatic heterocycles. The number of ether oxygens (including phenoxy) is 2. The fraction of sp³-hybridized carbons (Fsp3) is 0.278. The Morgan fingerprint density at radius 3 is 2.57 bits per heavy atom. The van der Waals surface area contributed by atoms with E-state index in [0.717, 1.165) is 11.1 Å². The van der Waals surface area contributed by atoms with Crippen molar-refractivity contribution < 1.29 is 14.3 Å². The lowest BCUT2D eigenvalue weighted by Gasteiger charge is -2.13. The standard InChI is InChI=1S/C18H20O3/c1-5-21-15-8-6-7-14(11-15)17(19)16-10-9-12(2)13(3)18(16)20-4/h6-11H,5H2,1-4H3. The summed E-state index contributed by atoms with van der Waals surface area (Å²) in [5.41, 5.74) is 3.27. The zero-order chi connectivity index (χ0) is 15.4. The molecule has 0 bridgehead atoms. The molecule has 0 unspecified atom stereocenters. The Morgan fingerprint density at radius 2 is 1.90 bits per heavy atom. The van der Waals surface area contributed by atoms with Crippen LogP contribution in [0.15, 0.2) is 36.4 Å². The number of carbonyl (C=O) groups excluding carboxylic acids is 1. The molecule has 3 heteroatoms. The van der Waals surface area contributed by atoms with E-state index in [1.165, 1.54) is 0 Å². The van der Waals surface area contributed by atoms with Crippen LogP contribution in [0.1, 0.15) is 34.0 Å². The monoisotopic (exact) mass is 284 g/mol. The van der Waals surface area contributed by atoms with Crippen LogP contribution in [0.2, 0.25) is 0 Å². The largest absolute Gasteiger partial charge is 0.496 e. The van der Waals surface area contributed by atoms with E-state index in [0.29, 0.717) is 29.2 Å². The van der Waals surface area contributed by atoms with Gasteiger partial charge in [-0.3, -0.25) is 4.79 Å². The first-order chi connectivity index (χ1) is 10.1. The molecule has 0 heterocycles. The van der Waals surface area contributed by atoms with Crippen LogP contribution in [0, 0.1) is 13.8 Å². The van der Waals surface area contributed by atoms with Crippen LogP contribution in [-0.4, -0.2) is 19.5 Å². The third-order valence-corrected chi connectivity index (χ3v) is 3.53. The average molecular weight is 284 g/mol. The minimum Gasteiger partial charge on any atom is -0.496 e. The molecule has 110 valence electrons. The van der Waals surface area contributed by atoms with Gasteiger partial charge in [-0.05, 0) is 50.1 Å². The minimum atomic E-state index is -0.0588. The molecule has 2 aromatic rings. The van der Waals surface area contributed by atoms with E-state index in [4.69, 9.17) is 9.47 Å². The molecule has 3 nitrogen and oxygen atoms in total. The van der Waals surface area contributed by atoms with E-state index in [9.17, 15) is 4.79 Å². The zero-order valence-electron chi connectivity index (χ0n) is 12.9. The molecule has 2 rings (SSSR count). The maximum Gasteiger partial charge on any atom is 0.196 e. The maximum absolute atomic E-state index is 12.7. The maximum atomic E-state index is 12.7. The van der Waals surface area contributed by atoms with Crippen LogP contribution in [0.5, 0.6) is 11.5 Å². The van der Waals surface area contributed by atoms with Crippen molar-refractivity contribution in [3.05, 3.63) is 58.7 Å². The Balaban J connectivity index is 2.45. The molecule has 0 saturated heterocycles. The van der Waals surface area contributed by atoms with Gasteiger partial charge in [0.25, 0.3) is 0 Å². The van der Waals surface area contributed by atoms with E-state index in [1.807, 2.05) is 45.0 Å². The summed E-state index contributed by atoms with van der Waals surface area (Å²) in [5, 5.41) is 0. The lowest BCUT2D eigenvalue weighted by Crippen LogP contribution is -2.06. The normalized spacial score (nSPS) is 10.3. The molecule has 0 aliphatic rings.